The van der Waals surface area contributed by atoms with Crippen molar-refractivity contribution in [3.8, 4) is 0 Å². The minimum atomic E-state index is -0.700. The summed E-state index contributed by atoms with van der Waals surface area (Å²) in [7, 11) is 1.49. The standard InChI is InChI=1S/C21H17Cl3N4O4/c1-25-17-5-3-13(22)11-14(17)18(19(21(25)30)28(31)32)26-6-8-27(9-7-26)20(29)12-2-4-15(23)16(24)10-12/h2-5,10-11H,6-9H2,1H3. The summed E-state index contributed by atoms with van der Waals surface area (Å²) in [5.41, 5.74) is -0.0446. The summed E-state index contributed by atoms with van der Waals surface area (Å²) in [5, 5.41) is 13.4. The van der Waals surface area contributed by atoms with Gasteiger partial charge in [0.1, 0.15) is 5.69 Å². The zero-order valence-electron chi connectivity index (χ0n) is 16.8. The largest absolute Gasteiger partial charge is 0.362 e. The van der Waals surface area contributed by atoms with Gasteiger partial charge in [-0.1, -0.05) is 34.8 Å². The summed E-state index contributed by atoms with van der Waals surface area (Å²) in [6, 6.07) is 9.59. The molecule has 8 nitrogen and oxygen atoms in total. The molecule has 0 spiro atoms. The molecule has 2 heterocycles. The molecule has 1 amide bonds. The molecule has 32 heavy (non-hydrogen) atoms. The van der Waals surface area contributed by atoms with E-state index < -0.39 is 16.2 Å². The first kappa shape index (κ1) is 22.4. The Hall–Kier alpha value is -2.81. The molecule has 1 aliphatic heterocycles. The van der Waals surface area contributed by atoms with Crippen molar-refractivity contribution < 1.29 is 9.72 Å². The summed E-state index contributed by atoms with van der Waals surface area (Å²) in [4.78, 5) is 40.2. The van der Waals surface area contributed by atoms with Crippen LogP contribution in [-0.2, 0) is 7.05 Å². The maximum absolute atomic E-state index is 12.9. The lowest BCUT2D eigenvalue weighted by atomic mass is 10.1. The Balaban J connectivity index is 1.69. The van der Waals surface area contributed by atoms with Gasteiger partial charge in [0, 0.05) is 49.2 Å². The Labute approximate surface area is 197 Å². The molecule has 1 aliphatic rings. The smallest absolute Gasteiger partial charge is 0.357 e. The molecule has 11 heteroatoms. The van der Waals surface area contributed by atoms with E-state index in [2.05, 4.69) is 0 Å². The zero-order valence-corrected chi connectivity index (χ0v) is 19.1. The molecule has 2 aromatic carbocycles. The SMILES string of the molecule is Cn1c(=O)c([N+](=O)[O-])c(N2CCN(C(=O)c3ccc(Cl)c(Cl)c3)CC2)c2cc(Cl)ccc21. The van der Waals surface area contributed by atoms with Crippen LogP contribution in [0.25, 0.3) is 10.9 Å². The topological polar surface area (TPSA) is 88.7 Å². The van der Waals surface area contributed by atoms with Crippen LogP contribution < -0.4 is 10.5 Å². The number of amides is 1. The minimum Gasteiger partial charge on any atom is -0.362 e. The highest BCUT2D eigenvalue weighted by molar-refractivity contribution is 6.42. The van der Waals surface area contributed by atoms with Gasteiger partial charge in [0.15, 0.2) is 0 Å². The average molecular weight is 496 g/mol. The van der Waals surface area contributed by atoms with Crippen LogP contribution in [0.4, 0.5) is 11.4 Å². The third-order valence-electron chi connectivity index (χ3n) is 5.54. The quantitative estimate of drug-likeness (QED) is 0.398. The Morgan fingerprint density at radius 2 is 1.69 bits per heavy atom. The van der Waals surface area contributed by atoms with Gasteiger partial charge in [0.2, 0.25) is 0 Å². The summed E-state index contributed by atoms with van der Waals surface area (Å²) in [6.45, 7) is 1.24. The predicted octanol–water partition coefficient (Wildman–Crippen LogP) is 4.37. The van der Waals surface area contributed by atoms with E-state index >= 15 is 0 Å². The van der Waals surface area contributed by atoms with Gasteiger partial charge in [-0.25, -0.2) is 0 Å². The van der Waals surface area contributed by atoms with E-state index in [0.29, 0.717) is 52.7 Å². The molecule has 0 atom stereocenters. The first-order chi connectivity index (χ1) is 15.2. The van der Waals surface area contributed by atoms with E-state index in [0.717, 1.165) is 0 Å². The molecular weight excluding hydrogens is 479 g/mol. The number of pyridine rings is 1. The van der Waals surface area contributed by atoms with Gasteiger partial charge in [0.25, 0.3) is 5.91 Å². The maximum Gasteiger partial charge on any atom is 0.357 e. The Bertz CT molecular complexity index is 1320. The zero-order chi connectivity index (χ0) is 23.2. The lowest BCUT2D eigenvalue weighted by Crippen LogP contribution is -2.49. The van der Waals surface area contributed by atoms with Crippen LogP contribution in [0, 0.1) is 10.1 Å². The number of rotatable bonds is 3. The molecule has 0 aliphatic carbocycles. The summed E-state index contributed by atoms with van der Waals surface area (Å²) < 4.78 is 1.25. The van der Waals surface area contributed by atoms with Crippen molar-refractivity contribution in [1.82, 2.24) is 9.47 Å². The van der Waals surface area contributed by atoms with Gasteiger partial charge < -0.3 is 14.4 Å². The van der Waals surface area contributed by atoms with Crippen LogP contribution >= 0.6 is 34.8 Å². The monoisotopic (exact) mass is 494 g/mol. The van der Waals surface area contributed by atoms with Crippen LogP contribution in [0.3, 0.4) is 0 Å². The molecule has 0 saturated carbocycles. The number of hydrogen-bond acceptors (Lipinski definition) is 5. The number of nitrogens with zero attached hydrogens (tertiary/aromatic N) is 4. The fourth-order valence-corrected chi connectivity index (χ4v) is 4.39. The molecule has 166 valence electrons. The van der Waals surface area contributed by atoms with Crippen molar-refractivity contribution in [2.75, 3.05) is 31.1 Å². The van der Waals surface area contributed by atoms with Gasteiger partial charge in [-0.15, -0.1) is 0 Å². The van der Waals surface area contributed by atoms with Crippen molar-refractivity contribution in [2.45, 2.75) is 0 Å². The van der Waals surface area contributed by atoms with Crippen LogP contribution in [0.15, 0.2) is 41.2 Å². The second-order valence-corrected chi connectivity index (χ2v) is 8.64. The van der Waals surface area contributed by atoms with E-state index in [1.807, 2.05) is 0 Å². The van der Waals surface area contributed by atoms with Gasteiger partial charge in [-0.05, 0) is 36.4 Å². The van der Waals surface area contributed by atoms with E-state index in [4.69, 9.17) is 34.8 Å². The Morgan fingerprint density at radius 1 is 1.00 bits per heavy atom. The number of aryl methyl sites for hydroxylation is 1. The second kappa shape index (κ2) is 8.61. The number of carbonyl (C=O) groups excluding carboxylic acids is 1. The number of piperazine rings is 1. The highest BCUT2D eigenvalue weighted by atomic mass is 35.5. The molecule has 4 rings (SSSR count). The van der Waals surface area contributed by atoms with Gasteiger partial charge in [-0.2, -0.15) is 0 Å². The fourth-order valence-electron chi connectivity index (χ4n) is 3.92. The molecule has 0 radical (unpaired) electrons. The number of aromatic nitrogens is 1. The van der Waals surface area contributed by atoms with Gasteiger partial charge in [0.05, 0.1) is 20.5 Å². The van der Waals surface area contributed by atoms with Crippen molar-refractivity contribution >= 4 is 63.0 Å². The Morgan fingerprint density at radius 3 is 2.31 bits per heavy atom. The van der Waals surface area contributed by atoms with Crippen molar-refractivity contribution in [3.05, 3.63) is 77.5 Å². The molecular formula is C21H17Cl3N4O4. The van der Waals surface area contributed by atoms with Crippen LogP contribution in [0.1, 0.15) is 10.4 Å². The number of benzene rings is 2. The van der Waals surface area contributed by atoms with Crippen LogP contribution in [0.2, 0.25) is 15.1 Å². The van der Waals surface area contributed by atoms with Crippen molar-refractivity contribution in [3.63, 3.8) is 0 Å². The second-order valence-electron chi connectivity index (χ2n) is 7.39. The predicted molar refractivity (Wildman–Crippen MR) is 125 cm³/mol. The normalized spacial score (nSPS) is 14.1. The molecule has 0 bridgehead atoms. The van der Waals surface area contributed by atoms with Gasteiger partial charge >= 0.3 is 11.2 Å². The van der Waals surface area contributed by atoms with Crippen molar-refractivity contribution in [1.29, 1.82) is 0 Å². The highest BCUT2D eigenvalue weighted by Gasteiger charge is 2.32. The van der Waals surface area contributed by atoms with Crippen LogP contribution in [-0.4, -0.2) is 46.5 Å². The lowest BCUT2D eigenvalue weighted by molar-refractivity contribution is -0.385. The molecule has 1 fully saturated rings. The van der Waals surface area contributed by atoms with Crippen LogP contribution in [0.5, 0.6) is 0 Å². The first-order valence-corrected chi connectivity index (χ1v) is 10.8. The summed E-state index contributed by atoms with van der Waals surface area (Å²) in [5.74, 6) is -0.213. The molecule has 1 saturated heterocycles. The third-order valence-corrected chi connectivity index (χ3v) is 6.51. The average Bonchev–Trinajstić information content (AvgIpc) is 2.77. The number of halogens is 3. The number of hydrogen-bond donors (Lipinski definition) is 0. The van der Waals surface area contributed by atoms with E-state index in [1.54, 1.807) is 40.1 Å². The maximum atomic E-state index is 12.9. The molecule has 3 aromatic rings. The van der Waals surface area contributed by atoms with E-state index in [9.17, 15) is 19.7 Å². The number of anilines is 1. The molecule has 0 unspecified atom stereocenters. The molecule has 0 N–H and O–H groups in total. The lowest BCUT2D eigenvalue weighted by Gasteiger charge is -2.36. The number of fused-ring (bicyclic) bond motifs is 1. The van der Waals surface area contributed by atoms with Crippen molar-refractivity contribution in [2.24, 2.45) is 7.05 Å². The minimum absolute atomic E-state index is 0.213. The van der Waals surface area contributed by atoms with E-state index in [1.165, 1.54) is 17.7 Å². The fraction of sp³-hybridized carbons (Fsp3) is 0.238. The number of carbonyl (C=O) groups is 1. The highest BCUT2D eigenvalue weighted by Crippen LogP contribution is 2.35. The third kappa shape index (κ3) is 3.90. The van der Waals surface area contributed by atoms with E-state index in [-0.39, 0.29) is 16.6 Å². The molecule has 1 aromatic heterocycles. The summed E-state index contributed by atoms with van der Waals surface area (Å²) in [6.07, 6.45) is 0. The first-order valence-electron chi connectivity index (χ1n) is 9.65. The Kier molecular flexibility index (Phi) is 6.03. The summed E-state index contributed by atoms with van der Waals surface area (Å²) >= 11 is 18.1. The van der Waals surface area contributed by atoms with Gasteiger partial charge in [-0.3, -0.25) is 19.7 Å². The number of nitro groups is 1.